The minimum atomic E-state index is 0.130. The third-order valence-corrected chi connectivity index (χ3v) is 3.26. The first-order chi connectivity index (χ1) is 6.80. The molecule has 0 heterocycles. The highest BCUT2D eigenvalue weighted by molar-refractivity contribution is 5.33. The summed E-state index contributed by atoms with van der Waals surface area (Å²) >= 11 is 0. The van der Waals surface area contributed by atoms with Gasteiger partial charge in [0.15, 0.2) is 0 Å². The van der Waals surface area contributed by atoms with E-state index in [0.717, 1.165) is 19.3 Å². The number of aliphatic hydroxyl groups is 1. The molecule has 0 bridgehead atoms. The van der Waals surface area contributed by atoms with Crippen LogP contribution in [0.25, 0.3) is 0 Å². The normalized spacial score (nSPS) is 18.1. The van der Waals surface area contributed by atoms with Crippen LogP contribution in [0.3, 0.4) is 0 Å². The fraction of sp³-hybridized carbons (Fsp3) is 0.538. The maximum atomic E-state index is 9.28. The summed E-state index contributed by atoms with van der Waals surface area (Å²) < 4.78 is 0. The molecule has 0 spiro atoms. The molecular formula is C13H18O. The van der Waals surface area contributed by atoms with Crippen LogP contribution in [-0.4, -0.2) is 11.7 Å². The smallest absolute Gasteiger partial charge is 0.0527 e. The first-order valence-corrected chi connectivity index (χ1v) is 5.51. The van der Waals surface area contributed by atoms with Gasteiger partial charge in [-0.2, -0.15) is 0 Å². The van der Waals surface area contributed by atoms with Crippen LogP contribution in [0.4, 0.5) is 0 Å². The molecule has 0 saturated heterocycles. The molecule has 0 aromatic heterocycles. The van der Waals surface area contributed by atoms with Crippen LogP contribution in [0, 0.1) is 0 Å². The van der Waals surface area contributed by atoms with E-state index in [9.17, 15) is 5.11 Å². The lowest BCUT2D eigenvalue weighted by Crippen LogP contribution is -2.11. The van der Waals surface area contributed by atoms with Gasteiger partial charge in [-0.1, -0.05) is 37.6 Å². The molecule has 1 saturated carbocycles. The predicted octanol–water partition coefficient (Wildman–Crippen LogP) is 2.66. The van der Waals surface area contributed by atoms with E-state index in [2.05, 4.69) is 31.2 Å². The third-order valence-electron chi connectivity index (χ3n) is 3.26. The van der Waals surface area contributed by atoms with Gasteiger partial charge >= 0.3 is 0 Å². The average Bonchev–Trinajstić information content (AvgIpc) is 3.00. The van der Waals surface area contributed by atoms with Crippen LogP contribution in [0.5, 0.6) is 0 Å². The lowest BCUT2D eigenvalue weighted by molar-refractivity contribution is 0.255. The molecule has 0 atom stereocenters. The molecule has 1 aliphatic rings. The van der Waals surface area contributed by atoms with Crippen molar-refractivity contribution in [3.8, 4) is 0 Å². The van der Waals surface area contributed by atoms with Gasteiger partial charge in [0.25, 0.3) is 0 Å². The fourth-order valence-electron chi connectivity index (χ4n) is 2.00. The Kier molecular flexibility index (Phi) is 2.60. The van der Waals surface area contributed by atoms with Crippen molar-refractivity contribution in [2.45, 2.75) is 38.0 Å². The molecule has 14 heavy (non-hydrogen) atoms. The number of aryl methyl sites for hydroxylation is 1. The van der Waals surface area contributed by atoms with Crippen LogP contribution in [0.1, 0.15) is 37.3 Å². The van der Waals surface area contributed by atoms with Crippen molar-refractivity contribution in [2.24, 2.45) is 0 Å². The number of rotatable bonds is 4. The Balaban J connectivity index is 2.14. The van der Waals surface area contributed by atoms with E-state index in [1.165, 1.54) is 17.5 Å². The molecule has 2 rings (SSSR count). The molecule has 0 unspecified atom stereocenters. The summed E-state index contributed by atoms with van der Waals surface area (Å²) in [5.74, 6) is 0. The van der Waals surface area contributed by atoms with E-state index in [0.29, 0.717) is 6.61 Å². The molecular weight excluding hydrogens is 172 g/mol. The highest BCUT2D eigenvalue weighted by atomic mass is 16.3. The second-order valence-corrected chi connectivity index (χ2v) is 4.39. The standard InChI is InChI=1S/C13H18O/c1-2-3-11-4-6-12(7-5-11)13(10-14)8-9-13/h4-7,14H,2-3,8-10H2,1H3. The highest BCUT2D eigenvalue weighted by Gasteiger charge is 2.43. The van der Waals surface area contributed by atoms with Crippen molar-refractivity contribution in [1.82, 2.24) is 0 Å². The zero-order valence-electron chi connectivity index (χ0n) is 8.79. The van der Waals surface area contributed by atoms with Gasteiger partial charge in [-0.05, 0) is 30.4 Å². The van der Waals surface area contributed by atoms with E-state index in [1.54, 1.807) is 0 Å². The van der Waals surface area contributed by atoms with Crippen molar-refractivity contribution in [3.05, 3.63) is 35.4 Å². The van der Waals surface area contributed by atoms with Gasteiger partial charge in [0.2, 0.25) is 0 Å². The van der Waals surface area contributed by atoms with Crippen molar-refractivity contribution in [1.29, 1.82) is 0 Å². The SMILES string of the molecule is CCCc1ccc(C2(CO)CC2)cc1. The highest BCUT2D eigenvalue weighted by Crippen LogP contribution is 2.47. The van der Waals surface area contributed by atoms with E-state index in [-0.39, 0.29) is 5.41 Å². The molecule has 0 aliphatic heterocycles. The Morgan fingerprint density at radius 1 is 1.21 bits per heavy atom. The zero-order chi connectivity index (χ0) is 10.0. The van der Waals surface area contributed by atoms with Crippen LogP contribution in [0.15, 0.2) is 24.3 Å². The molecule has 1 nitrogen and oxygen atoms in total. The Morgan fingerprint density at radius 3 is 2.29 bits per heavy atom. The van der Waals surface area contributed by atoms with Gasteiger partial charge in [-0.15, -0.1) is 0 Å². The lowest BCUT2D eigenvalue weighted by Gasteiger charge is -2.12. The fourth-order valence-corrected chi connectivity index (χ4v) is 2.00. The molecule has 1 aromatic carbocycles. The summed E-state index contributed by atoms with van der Waals surface area (Å²) in [7, 11) is 0. The van der Waals surface area contributed by atoms with Crippen LogP contribution >= 0.6 is 0 Å². The van der Waals surface area contributed by atoms with Gasteiger partial charge < -0.3 is 5.11 Å². The second-order valence-electron chi connectivity index (χ2n) is 4.39. The van der Waals surface area contributed by atoms with Crippen molar-refractivity contribution < 1.29 is 5.11 Å². The van der Waals surface area contributed by atoms with E-state index < -0.39 is 0 Å². The molecule has 0 radical (unpaired) electrons. The molecule has 1 heteroatoms. The van der Waals surface area contributed by atoms with Crippen molar-refractivity contribution >= 4 is 0 Å². The molecule has 1 aromatic rings. The Labute approximate surface area is 85.8 Å². The summed E-state index contributed by atoms with van der Waals surface area (Å²) in [6.45, 7) is 2.50. The van der Waals surface area contributed by atoms with Crippen LogP contribution < -0.4 is 0 Å². The summed E-state index contributed by atoms with van der Waals surface area (Å²) in [6, 6.07) is 8.78. The van der Waals surface area contributed by atoms with Gasteiger partial charge in [0, 0.05) is 5.41 Å². The minimum absolute atomic E-state index is 0.130. The number of aliphatic hydroxyl groups excluding tert-OH is 1. The summed E-state index contributed by atoms with van der Waals surface area (Å²) in [5, 5.41) is 9.28. The monoisotopic (exact) mass is 190 g/mol. The number of benzene rings is 1. The van der Waals surface area contributed by atoms with Gasteiger partial charge in [-0.3, -0.25) is 0 Å². The largest absolute Gasteiger partial charge is 0.395 e. The molecule has 76 valence electrons. The topological polar surface area (TPSA) is 20.2 Å². The summed E-state index contributed by atoms with van der Waals surface area (Å²) in [4.78, 5) is 0. The predicted molar refractivity (Wildman–Crippen MR) is 58.4 cm³/mol. The first kappa shape index (κ1) is 9.72. The molecule has 1 fully saturated rings. The van der Waals surface area contributed by atoms with Crippen LogP contribution in [0.2, 0.25) is 0 Å². The van der Waals surface area contributed by atoms with Gasteiger partial charge in [0.05, 0.1) is 6.61 Å². The summed E-state index contributed by atoms with van der Waals surface area (Å²) in [5.41, 5.74) is 2.86. The molecule has 1 N–H and O–H groups in total. The lowest BCUT2D eigenvalue weighted by atomic mass is 9.95. The third kappa shape index (κ3) is 1.69. The van der Waals surface area contributed by atoms with Crippen molar-refractivity contribution in [2.75, 3.05) is 6.61 Å². The maximum absolute atomic E-state index is 9.28. The first-order valence-electron chi connectivity index (χ1n) is 5.51. The van der Waals surface area contributed by atoms with Gasteiger partial charge in [-0.25, -0.2) is 0 Å². The Bertz CT molecular complexity index is 296. The summed E-state index contributed by atoms with van der Waals surface area (Å²) in [6.07, 6.45) is 4.66. The van der Waals surface area contributed by atoms with E-state index >= 15 is 0 Å². The van der Waals surface area contributed by atoms with E-state index in [1.807, 2.05) is 0 Å². The van der Waals surface area contributed by atoms with Crippen LogP contribution in [-0.2, 0) is 11.8 Å². The molecule has 1 aliphatic carbocycles. The number of hydrogen-bond acceptors (Lipinski definition) is 1. The Hall–Kier alpha value is -0.820. The zero-order valence-corrected chi connectivity index (χ0v) is 8.79. The Morgan fingerprint density at radius 2 is 1.86 bits per heavy atom. The maximum Gasteiger partial charge on any atom is 0.0527 e. The van der Waals surface area contributed by atoms with E-state index in [4.69, 9.17) is 0 Å². The second kappa shape index (κ2) is 3.74. The minimum Gasteiger partial charge on any atom is -0.395 e. The average molecular weight is 190 g/mol. The van der Waals surface area contributed by atoms with Crippen molar-refractivity contribution in [3.63, 3.8) is 0 Å². The number of hydrogen-bond donors (Lipinski definition) is 1. The quantitative estimate of drug-likeness (QED) is 0.774. The van der Waals surface area contributed by atoms with Gasteiger partial charge in [0.1, 0.15) is 0 Å². The molecule has 0 amide bonds.